The summed E-state index contributed by atoms with van der Waals surface area (Å²) in [6, 6.07) is 7.67. The average molecular weight is 311 g/mol. The van der Waals surface area contributed by atoms with E-state index in [4.69, 9.17) is 0 Å². The Morgan fingerprint density at radius 2 is 2.13 bits per heavy atom. The molecule has 0 unspecified atom stereocenters. The minimum Gasteiger partial charge on any atom is -0.325 e. The third-order valence-corrected chi connectivity index (χ3v) is 4.29. The molecule has 2 fully saturated rings. The lowest BCUT2D eigenvalue weighted by molar-refractivity contribution is -0.115. The van der Waals surface area contributed by atoms with E-state index in [9.17, 15) is 4.79 Å². The number of nitrogens with zero attached hydrogens (tertiary/aromatic N) is 2. The summed E-state index contributed by atoms with van der Waals surface area (Å²) in [6.45, 7) is 1.29. The van der Waals surface area contributed by atoms with Crippen LogP contribution >= 0.6 is 0 Å². The van der Waals surface area contributed by atoms with Crippen LogP contribution in [-0.4, -0.2) is 34.2 Å². The van der Waals surface area contributed by atoms with Crippen LogP contribution in [0.25, 0.3) is 11.4 Å². The Kier molecular flexibility index (Phi) is 3.83. The first-order valence-electron chi connectivity index (χ1n) is 8.31. The number of rotatable bonds is 7. The number of H-pyrrole nitrogens is 1. The number of amides is 1. The van der Waals surface area contributed by atoms with Crippen LogP contribution in [0.3, 0.4) is 0 Å². The SMILES string of the molecule is O=C(CNCC1CC1)Nc1cccc(-c2n[nH]c(C3CC3)n2)c1. The average Bonchev–Trinajstić information content (AvgIpc) is 3.48. The maximum Gasteiger partial charge on any atom is 0.238 e. The Morgan fingerprint density at radius 3 is 2.91 bits per heavy atom. The van der Waals surface area contributed by atoms with Crippen molar-refractivity contribution in [1.82, 2.24) is 20.5 Å². The first-order valence-corrected chi connectivity index (χ1v) is 8.31. The van der Waals surface area contributed by atoms with Gasteiger partial charge in [0.05, 0.1) is 6.54 Å². The fourth-order valence-corrected chi connectivity index (χ4v) is 2.60. The van der Waals surface area contributed by atoms with E-state index in [2.05, 4.69) is 25.8 Å². The molecule has 2 aliphatic carbocycles. The molecule has 0 atom stereocenters. The molecule has 2 aromatic rings. The maximum atomic E-state index is 12.0. The third kappa shape index (κ3) is 3.76. The van der Waals surface area contributed by atoms with E-state index < -0.39 is 0 Å². The number of aromatic nitrogens is 3. The first kappa shape index (κ1) is 14.4. The monoisotopic (exact) mass is 311 g/mol. The van der Waals surface area contributed by atoms with E-state index in [1.165, 1.54) is 25.7 Å². The van der Waals surface area contributed by atoms with E-state index in [-0.39, 0.29) is 5.91 Å². The van der Waals surface area contributed by atoms with E-state index in [0.717, 1.165) is 29.5 Å². The molecule has 1 heterocycles. The Bertz CT molecular complexity index is 703. The summed E-state index contributed by atoms with van der Waals surface area (Å²) >= 11 is 0. The summed E-state index contributed by atoms with van der Waals surface area (Å²) in [5.41, 5.74) is 1.69. The van der Waals surface area contributed by atoms with E-state index >= 15 is 0 Å². The summed E-state index contributed by atoms with van der Waals surface area (Å²) < 4.78 is 0. The molecule has 0 aliphatic heterocycles. The number of nitrogens with one attached hydrogen (secondary N) is 3. The molecule has 4 rings (SSSR count). The smallest absolute Gasteiger partial charge is 0.238 e. The number of carbonyl (C=O) groups is 1. The molecule has 3 N–H and O–H groups in total. The van der Waals surface area contributed by atoms with Gasteiger partial charge in [0.2, 0.25) is 5.91 Å². The molecular formula is C17H21N5O. The van der Waals surface area contributed by atoms with Crippen molar-refractivity contribution in [1.29, 1.82) is 0 Å². The van der Waals surface area contributed by atoms with Crippen LogP contribution in [0.5, 0.6) is 0 Å². The molecule has 1 amide bonds. The Labute approximate surface area is 135 Å². The van der Waals surface area contributed by atoms with Crippen molar-refractivity contribution in [2.75, 3.05) is 18.4 Å². The Morgan fingerprint density at radius 1 is 1.26 bits per heavy atom. The van der Waals surface area contributed by atoms with Gasteiger partial charge in [0, 0.05) is 17.2 Å². The number of anilines is 1. The highest BCUT2D eigenvalue weighted by molar-refractivity contribution is 5.92. The van der Waals surface area contributed by atoms with Gasteiger partial charge >= 0.3 is 0 Å². The molecule has 1 aromatic heterocycles. The highest BCUT2D eigenvalue weighted by Gasteiger charge is 2.27. The number of hydrogen-bond acceptors (Lipinski definition) is 4. The molecule has 2 aliphatic rings. The second-order valence-electron chi connectivity index (χ2n) is 6.52. The fourth-order valence-electron chi connectivity index (χ4n) is 2.60. The number of aromatic amines is 1. The van der Waals surface area contributed by atoms with Gasteiger partial charge in [-0.1, -0.05) is 12.1 Å². The zero-order chi connectivity index (χ0) is 15.6. The third-order valence-electron chi connectivity index (χ3n) is 4.29. The molecule has 120 valence electrons. The van der Waals surface area contributed by atoms with Crippen LogP contribution in [0, 0.1) is 5.92 Å². The first-order chi connectivity index (χ1) is 11.3. The Hall–Kier alpha value is -2.21. The van der Waals surface area contributed by atoms with Crippen molar-refractivity contribution in [2.45, 2.75) is 31.6 Å². The Balaban J connectivity index is 1.37. The van der Waals surface area contributed by atoms with Gasteiger partial charge in [0.15, 0.2) is 5.82 Å². The van der Waals surface area contributed by atoms with Gasteiger partial charge in [-0.3, -0.25) is 9.89 Å². The number of hydrogen-bond donors (Lipinski definition) is 3. The predicted octanol–water partition coefficient (Wildman–Crippen LogP) is 2.29. The van der Waals surface area contributed by atoms with Crippen LogP contribution < -0.4 is 10.6 Å². The normalized spacial score (nSPS) is 17.2. The molecule has 1 aromatic carbocycles. The van der Waals surface area contributed by atoms with E-state index in [1.54, 1.807) is 0 Å². The molecule has 0 saturated heterocycles. The van der Waals surface area contributed by atoms with Crippen molar-refractivity contribution < 1.29 is 4.79 Å². The molecule has 0 spiro atoms. The highest BCUT2D eigenvalue weighted by atomic mass is 16.1. The molecule has 2 saturated carbocycles. The highest BCUT2D eigenvalue weighted by Crippen LogP contribution is 2.38. The molecule has 23 heavy (non-hydrogen) atoms. The van der Waals surface area contributed by atoms with E-state index in [0.29, 0.717) is 18.3 Å². The molecule has 6 nitrogen and oxygen atoms in total. The largest absolute Gasteiger partial charge is 0.325 e. The van der Waals surface area contributed by atoms with Crippen LogP contribution in [-0.2, 0) is 4.79 Å². The summed E-state index contributed by atoms with van der Waals surface area (Å²) in [6.07, 6.45) is 4.96. The van der Waals surface area contributed by atoms with Crippen LogP contribution in [0.1, 0.15) is 37.4 Å². The lowest BCUT2D eigenvalue weighted by Gasteiger charge is -2.07. The van der Waals surface area contributed by atoms with Gasteiger partial charge < -0.3 is 10.6 Å². The second-order valence-corrected chi connectivity index (χ2v) is 6.52. The minimum absolute atomic E-state index is 0.0172. The van der Waals surface area contributed by atoms with Gasteiger partial charge in [-0.25, -0.2) is 4.98 Å². The van der Waals surface area contributed by atoms with Gasteiger partial charge in [-0.2, -0.15) is 5.10 Å². The summed E-state index contributed by atoms with van der Waals surface area (Å²) in [4.78, 5) is 16.5. The maximum absolute atomic E-state index is 12.0. The van der Waals surface area contributed by atoms with Gasteiger partial charge in [0.25, 0.3) is 0 Å². The van der Waals surface area contributed by atoms with Gasteiger partial charge in [0.1, 0.15) is 5.82 Å². The topological polar surface area (TPSA) is 82.7 Å². The summed E-state index contributed by atoms with van der Waals surface area (Å²) in [7, 11) is 0. The number of carbonyl (C=O) groups excluding carboxylic acids is 1. The predicted molar refractivity (Wildman–Crippen MR) is 88.0 cm³/mol. The zero-order valence-electron chi connectivity index (χ0n) is 13.0. The molecule has 0 bridgehead atoms. The van der Waals surface area contributed by atoms with Gasteiger partial charge in [-0.05, 0) is 50.3 Å². The quantitative estimate of drug-likeness (QED) is 0.732. The molecule has 6 heteroatoms. The van der Waals surface area contributed by atoms with Crippen LogP contribution in [0.15, 0.2) is 24.3 Å². The summed E-state index contributed by atoms with van der Waals surface area (Å²) in [5, 5.41) is 13.4. The van der Waals surface area contributed by atoms with Crippen LogP contribution in [0.2, 0.25) is 0 Å². The van der Waals surface area contributed by atoms with E-state index in [1.807, 2.05) is 24.3 Å². The van der Waals surface area contributed by atoms with Gasteiger partial charge in [-0.15, -0.1) is 0 Å². The summed E-state index contributed by atoms with van der Waals surface area (Å²) in [5.74, 6) is 2.97. The fraction of sp³-hybridized carbons (Fsp3) is 0.471. The molecule has 0 radical (unpaired) electrons. The standard InChI is InChI=1S/C17H21N5O/c23-15(10-18-9-11-4-5-11)19-14-3-1-2-13(8-14)17-20-16(21-22-17)12-6-7-12/h1-3,8,11-12,18H,4-7,9-10H2,(H,19,23)(H,20,21,22). The molecular weight excluding hydrogens is 290 g/mol. The minimum atomic E-state index is -0.0172. The second kappa shape index (κ2) is 6.12. The lowest BCUT2D eigenvalue weighted by atomic mass is 10.2. The lowest BCUT2D eigenvalue weighted by Crippen LogP contribution is -2.29. The zero-order valence-corrected chi connectivity index (χ0v) is 13.0. The number of benzene rings is 1. The van der Waals surface area contributed by atoms with Crippen molar-refractivity contribution in [3.8, 4) is 11.4 Å². The van der Waals surface area contributed by atoms with Crippen LogP contribution in [0.4, 0.5) is 5.69 Å². The van der Waals surface area contributed by atoms with Crippen molar-refractivity contribution in [2.24, 2.45) is 5.92 Å². The van der Waals surface area contributed by atoms with Crippen molar-refractivity contribution in [3.63, 3.8) is 0 Å². The van der Waals surface area contributed by atoms with Crippen molar-refractivity contribution >= 4 is 11.6 Å². The van der Waals surface area contributed by atoms with Crippen molar-refractivity contribution in [3.05, 3.63) is 30.1 Å².